The van der Waals surface area contributed by atoms with Gasteiger partial charge in [0.1, 0.15) is 6.04 Å². The summed E-state index contributed by atoms with van der Waals surface area (Å²) in [6.07, 6.45) is 5.83. The topological polar surface area (TPSA) is 102 Å². The lowest BCUT2D eigenvalue weighted by Crippen LogP contribution is -2.60. The second kappa shape index (κ2) is 11.9. The van der Waals surface area contributed by atoms with Gasteiger partial charge in [-0.25, -0.2) is 10.3 Å². The first-order chi connectivity index (χ1) is 12.4. The van der Waals surface area contributed by atoms with Crippen LogP contribution in [0, 0.1) is 5.92 Å². The number of nitrogens with zero attached hydrogens (tertiary/aromatic N) is 2. The monoisotopic (exact) mass is 370 g/mol. The predicted molar refractivity (Wildman–Crippen MR) is 98.9 cm³/mol. The molecule has 0 saturated carbocycles. The van der Waals surface area contributed by atoms with Crippen molar-refractivity contribution in [1.29, 1.82) is 0 Å². The Kier molecular flexibility index (Phi) is 10.2. The highest BCUT2D eigenvalue weighted by Gasteiger charge is 2.36. The second-order valence-corrected chi connectivity index (χ2v) is 7.13. The highest BCUT2D eigenvalue weighted by molar-refractivity contribution is 5.93. The molecule has 0 spiro atoms. The number of rotatable bonds is 10. The van der Waals surface area contributed by atoms with Gasteiger partial charge >= 0.3 is 6.03 Å². The van der Waals surface area contributed by atoms with Crippen LogP contribution in [-0.4, -0.2) is 72.5 Å². The van der Waals surface area contributed by atoms with Crippen molar-refractivity contribution in [3.05, 3.63) is 0 Å². The van der Waals surface area contributed by atoms with Crippen LogP contribution in [0.2, 0.25) is 0 Å². The quantitative estimate of drug-likeness (QED) is 0.306. The zero-order valence-corrected chi connectivity index (χ0v) is 16.3. The number of piperazine rings is 1. The van der Waals surface area contributed by atoms with Crippen molar-refractivity contribution in [1.82, 2.24) is 20.6 Å². The van der Waals surface area contributed by atoms with Crippen molar-refractivity contribution in [2.75, 3.05) is 33.7 Å². The molecule has 0 radical (unpaired) electrons. The minimum Gasteiger partial charge on any atom is -0.331 e. The molecule has 0 unspecified atom stereocenters. The molecular formula is C18H34N4O4. The van der Waals surface area contributed by atoms with Crippen molar-refractivity contribution in [2.24, 2.45) is 5.92 Å². The maximum absolute atomic E-state index is 13.1. The number of hydrogen-bond acceptors (Lipinski definition) is 5. The van der Waals surface area contributed by atoms with E-state index in [2.05, 4.69) is 12.2 Å². The van der Waals surface area contributed by atoms with E-state index in [9.17, 15) is 14.4 Å². The Balaban J connectivity index is 2.79. The van der Waals surface area contributed by atoms with Crippen molar-refractivity contribution >= 4 is 17.7 Å². The largest absolute Gasteiger partial charge is 0.331 e. The zero-order valence-electron chi connectivity index (χ0n) is 16.3. The number of amides is 3. The summed E-state index contributed by atoms with van der Waals surface area (Å²) in [6, 6.07) is -0.774. The predicted octanol–water partition coefficient (Wildman–Crippen LogP) is 1.38. The Morgan fingerprint density at radius 2 is 1.92 bits per heavy atom. The van der Waals surface area contributed by atoms with Gasteiger partial charge in [-0.3, -0.25) is 14.8 Å². The van der Waals surface area contributed by atoms with Crippen molar-refractivity contribution in [3.8, 4) is 0 Å². The van der Waals surface area contributed by atoms with E-state index >= 15 is 0 Å². The van der Waals surface area contributed by atoms with Gasteiger partial charge in [-0.1, -0.05) is 39.0 Å². The summed E-state index contributed by atoms with van der Waals surface area (Å²) in [5, 5.41) is 12.0. The maximum atomic E-state index is 13.1. The highest BCUT2D eigenvalue weighted by atomic mass is 16.5. The molecule has 3 amide bonds. The molecule has 1 saturated heterocycles. The Bertz CT molecular complexity index is 470. The lowest BCUT2D eigenvalue weighted by atomic mass is 9.88. The molecular weight excluding hydrogens is 336 g/mol. The third kappa shape index (κ3) is 6.92. The smallest absolute Gasteiger partial charge is 0.320 e. The van der Waals surface area contributed by atoms with E-state index in [4.69, 9.17) is 5.21 Å². The van der Waals surface area contributed by atoms with Crippen LogP contribution in [-0.2, 0) is 9.59 Å². The number of urea groups is 1. The number of nitrogens with one attached hydrogen (secondary N) is 2. The number of carbonyl (C=O) groups is 3. The molecule has 0 bridgehead atoms. The lowest BCUT2D eigenvalue weighted by Gasteiger charge is -2.38. The number of hydrogen-bond donors (Lipinski definition) is 3. The first-order valence-electron chi connectivity index (χ1n) is 9.57. The van der Waals surface area contributed by atoms with E-state index in [1.54, 1.807) is 24.5 Å². The van der Waals surface area contributed by atoms with Gasteiger partial charge in [-0.15, -0.1) is 0 Å². The summed E-state index contributed by atoms with van der Waals surface area (Å²) in [7, 11) is 3.33. The first kappa shape index (κ1) is 22.4. The summed E-state index contributed by atoms with van der Waals surface area (Å²) >= 11 is 0. The summed E-state index contributed by atoms with van der Waals surface area (Å²) in [5.74, 6) is -1.16. The molecule has 1 aliphatic rings. The Labute approximate surface area is 156 Å². The van der Waals surface area contributed by atoms with Gasteiger partial charge in [0.05, 0.1) is 0 Å². The standard InChI is InChI=1S/C18H34N4O4/c1-4-5-6-7-8-9-14(12-16(23)20-26)17(24)15-13-19-10-11-22(15)18(25)21(2)3/h14-15,19,26H,4-13H2,1-3H3,(H,20,23)/t14-,15+/m1/s1. The maximum Gasteiger partial charge on any atom is 0.320 e. The number of unbranched alkanes of at least 4 members (excludes halogenated alkanes) is 4. The van der Waals surface area contributed by atoms with Crippen LogP contribution in [0.4, 0.5) is 4.79 Å². The van der Waals surface area contributed by atoms with Crippen LogP contribution in [0.1, 0.15) is 51.9 Å². The molecule has 1 heterocycles. The van der Waals surface area contributed by atoms with E-state index < -0.39 is 17.9 Å². The van der Waals surface area contributed by atoms with Gasteiger partial charge in [0.2, 0.25) is 5.91 Å². The van der Waals surface area contributed by atoms with Crippen LogP contribution in [0.5, 0.6) is 0 Å². The van der Waals surface area contributed by atoms with Crippen LogP contribution >= 0.6 is 0 Å². The Hall–Kier alpha value is -1.67. The Morgan fingerprint density at radius 3 is 2.54 bits per heavy atom. The third-order valence-corrected chi connectivity index (χ3v) is 4.82. The zero-order chi connectivity index (χ0) is 19.5. The molecule has 1 rings (SSSR count). The molecule has 26 heavy (non-hydrogen) atoms. The molecule has 8 nitrogen and oxygen atoms in total. The van der Waals surface area contributed by atoms with Gasteiger partial charge in [0, 0.05) is 46.1 Å². The minimum atomic E-state index is -0.578. The molecule has 8 heteroatoms. The summed E-state index contributed by atoms with van der Waals surface area (Å²) in [4.78, 5) is 40.2. The number of carbonyl (C=O) groups excluding carboxylic acids is 3. The second-order valence-electron chi connectivity index (χ2n) is 7.13. The van der Waals surface area contributed by atoms with E-state index in [0.717, 1.165) is 32.1 Å². The molecule has 0 aliphatic carbocycles. The van der Waals surface area contributed by atoms with E-state index in [1.165, 1.54) is 4.90 Å². The van der Waals surface area contributed by atoms with Gasteiger partial charge in [-0.05, 0) is 6.42 Å². The lowest BCUT2D eigenvalue weighted by molar-refractivity contribution is -0.136. The third-order valence-electron chi connectivity index (χ3n) is 4.82. The molecule has 1 fully saturated rings. The molecule has 0 aromatic rings. The molecule has 2 atom stereocenters. The van der Waals surface area contributed by atoms with Gasteiger partial charge < -0.3 is 15.1 Å². The number of ketones is 1. The average molecular weight is 370 g/mol. The summed E-state index contributed by atoms with van der Waals surface area (Å²) in [5.41, 5.74) is 1.62. The number of hydroxylamine groups is 1. The van der Waals surface area contributed by atoms with Crippen molar-refractivity contribution in [2.45, 2.75) is 57.9 Å². The minimum absolute atomic E-state index is 0.0520. The summed E-state index contributed by atoms with van der Waals surface area (Å²) < 4.78 is 0. The highest BCUT2D eigenvalue weighted by Crippen LogP contribution is 2.21. The van der Waals surface area contributed by atoms with E-state index in [0.29, 0.717) is 26.1 Å². The van der Waals surface area contributed by atoms with E-state index in [1.807, 2.05) is 0 Å². The fourth-order valence-electron chi connectivity index (χ4n) is 3.33. The van der Waals surface area contributed by atoms with Gasteiger partial charge in [0.25, 0.3) is 0 Å². The number of Topliss-reactive ketones (excluding diaryl/α,β-unsaturated/α-hetero) is 1. The molecule has 150 valence electrons. The molecule has 1 aliphatic heterocycles. The van der Waals surface area contributed by atoms with Gasteiger partial charge in [0.15, 0.2) is 5.78 Å². The summed E-state index contributed by atoms with van der Waals surface area (Å²) in [6.45, 7) is 3.64. The van der Waals surface area contributed by atoms with Gasteiger partial charge in [-0.2, -0.15) is 0 Å². The fraction of sp³-hybridized carbons (Fsp3) is 0.833. The van der Waals surface area contributed by atoms with Crippen LogP contribution in [0.15, 0.2) is 0 Å². The Morgan fingerprint density at radius 1 is 1.23 bits per heavy atom. The molecule has 3 N–H and O–H groups in total. The van der Waals surface area contributed by atoms with Crippen LogP contribution in [0.3, 0.4) is 0 Å². The van der Waals surface area contributed by atoms with Crippen molar-refractivity contribution < 1.29 is 19.6 Å². The fourth-order valence-corrected chi connectivity index (χ4v) is 3.33. The van der Waals surface area contributed by atoms with Crippen LogP contribution in [0.25, 0.3) is 0 Å². The van der Waals surface area contributed by atoms with E-state index in [-0.39, 0.29) is 18.2 Å². The normalized spacial score (nSPS) is 18.3. The van der Waals surface area contributed by atoms with Crippen molar-refractivity contribution in [3.63, 3.8) is 0 Å². The SMILES string of the molecule is CCCCCCC[C@H](CC(=O)NO)C(=O)[C@@H]1CNCCN1C(=O)N(C)C. The average Bonchev–Trinajstić information content (AvgIpc) is 2.65. The first-order valence-corrected chi connectivity index (χ1v) is 9.57. The molecule has 0 aromatic heterocycles. The molecule has 0 aromatic carbocycles. The van der Waals surface area contributed by atoms with Crippen LogP contribution < -0.4 is 10.8 Å².